The minimum atomic E-state index is -0.983. The number of rotatable bonds is 4. The SMILES string of the molecule is O=C(O)c1cnc(CSc2ccccc2)[nH]1. The highest BCUT2D eigenvalue weighted by Gasteiger charge is 2.06. The second kappa shape index (κ2) is 4.85. The molecule has 0 saturated heterocycles. The Kier molecular flexibility index (Phi) is 3.26. The second-order valence-corrected chi connectivity index (χ2v) is 4.20. The van der Waals surface area contributed by atoms with E-state index in [9.17, 15) is 4.79 Å². The summed E-state index contributed by atoms with van der Waals surface area (Å²) in [7, 11) is 0. The summed E-state index contributed by atoms with van der Waals surface area (Å²) in [5, 5.41) is 8.71. The fraction of sp³-hybridized carbons (Fsp3) is 0.0909. The number of hydrogen-bond acceptors (Lipinski definition) is 3. The summed E-state index contributed by atoms with van der Waals surface area (Å²) in [4.78, 5) is 18.5. The fourth-order valence-corrected chi connectivity index (χ4v) is 2.01. The van der Waals surface area contributed by atoms with Crippen molar-refractivity contribution in [3.05, 3.63) is 48.0 Å². The van der Waals surface area contributed by atoms with Crippen LogP contribution in [0.3, 0.4) is 0 Å². The van der Waals surface area contributed by atoms with Gasteiger partial charge in [0.1, 0.15) is 11.5 Å². The number of hydrogen-bond donors (Lipinski definition) is 2. The third-order valence-electron chi connectivity index (χ3n) is 1.98. The third kappa shape index (κ3) is 2.64. The van der Waals surface area contributed by atoms with Gasteiger partial charge in [-0.1, -0.05) is 18.2 Å². The first-order valence-corrected chi connectivity index (χ1v) is 5.69. The van der Waals surface area contributed by atoms with Crippen molar-refractivity contribution in [3.8, 4) is 0 Å². The molecule has 0 atom stereocenters. The number of carboxylic acid groups (broad SMARTS) is 1. The molecule has 0 bridgehead atoms. The summed E-state index contributed by atoms with van der Waals surface area (Å²) < 4.78 is 0. The summed E-state index contributed by atoms with van der Waals surface area (Å²) in [6.07, 6.45) is 1.34. The predicted octanol–water partition coefficient (Wildman–Crippen LogP) is 2.40. The third-order valence-corrected chi connectivity index (χ3v) is 3.00. The highest BCUT2D eigenvalue weighted by atomic mass is 32.2. The van der Waals surface area contributed by atoms with Crippen molar-refractivity contribution in [2.45, 2.75) is 10.6 Å². The number of imidazole rings is 1. The Balaban J connectivity index is 1.97. The van der Waals surface area contributed by atoms with Crippen molar-refractivity contribution in [2.24, 2.45) is 0 Å². The van der Waals surface area contributed by atoms with Crippen molar-refractivity contribution in [1.82, 2.24) is 9.97 Å². The topological polar surface area (TPSA) is 66.0 Å². The number of nitrogens with zero attached hydrogens (tertiary/aromatic N) is 1. The van der Waals surface area contributed by atoms with Crippen LogP contribution in [0.2, 0.25) is 0 Å². The maximum atomic E-state index is 10.6. The lowest BCUT2D eigenvalue weighted by Crippen LogP contribution is -1.96. The number of aromatic carboxylic acids is 1. The van der Waals surface area contributed by atoms with Gasteiger partial charge < -0.3 is 10.1 Å². The van der Waals surface area contributed by atoms with E-state index in [1.807, 2.05) is 30.3 Å². The van der Waals surface area contributed by atoms with Gasteiger partial charge in [-0.3, -0.25) is 0 Å². The molecule has 2 N–H and O–H groups in total. The van der Waals surface area contributed by atoms with E-state index < -0.39 is 5.97 Å². The van der Waals surface area contributed by atoms with Gasteiger partial charge in [0.2, 0.25) is 0 Å². The zero-order chi connectivity index (χ0) is 11.4. The predicted molar refractivity (Wildman–Crippen MR) is 61.6 cm³/mol. The molecular formula is C11H10N2O2S. The maximum Gasteiger partial charge on any atom is 0.353 e. The van der Waals surface area contributed by atoms with Crippen LogP contribution in [0, 0.1) is 0 Å². The van der Waals surface area contributed by atoms with E-state index in [0.717, 1.165) is 4.90 Å². The Morgan fingerprint density at radius 2 is 2.12 bits per heavy atom. The number of aromatic nitrogens is 2. The lowest BCUT2D eigenvalue weighted by atomic mass is 10.4. The van der Waals surface area contributed by atoms with Gasteiger partial charge in [0.25, 0.3) is 0 Å². The van der Waals surface area contributed by atoms with E-state index in [1.54, 1.807) is 11.8 Å². The molecule has 0 aliphatic carbocycles. The standard InChI is InChI=1S/C11H10N2O2S/c14-11(15)9-6-12-10(13-9)7-16-8-4-2-1-3-5-8/h1-6H,7H2,(H,12,13)(H,14,15). The van der Waals surface area contributed by atoms with Gasteiger partial charge in [-0.15, -0.1) is 11.8 Å². The van der Waals surface area contributed by atoms with E-state index in [1.165, 1.54) is 6.20 Å². The van der Waals surface area contributed by atoms with Crippen molar-refractivity contribution >= 4 is 17.7 Å². The van der Waals surface area contributed by atoms with Crippen molar-refractivity contribution in [2.75, 3.05) is 0 Å². The van der Waals surface area contributed by atoms with Crippen LogP contribution in [0.5, 0.6) is 0 Å². The minimum Gasteiger partial charge on any atom is -0.477 e. The molecule has 0 spiro atoms. The molecule has 5 heteroatoms. The number of thioether (sulfide) groups is 1. The summed E-state index contributed by atoms with van der Waals surface area (Å²) in [5.41, 5.74) is 0.128. The molecule has 0 radical (unpaired) electrons. The lowest BCUT2D eigenvalue weighted by Gasteiger charge is -1.97. The Hall–Kier alpha value is -1.75. The molecule has 1 heterocycles. The summed E-state index contributed by atoms with van der Waals surface area (Å²) in [5.74, 6) is 0.326. The number of nitrogens with one attached hydrogen (secondary N) is 1. The molecule has 2 rings (SSSR count). The van der Waals surface area contributed by atoms with Gasteiger partial charge in [0.15, 0.2) is 0 Å². The first kappa shape index (κ1) is 10.8. The van der Waals surface area contributed by atoms with Gasteiger partial charge in [-0.25, -0.2) is 9.78 Å². The van der Waals surface area contributed by atoms with E-state index in [0.29, 0.717) is 11.6 Å². The van der Waals surface area contributed by atoms with E-state index >= 15 is 0 Å². The second-order valence-electron chi connectivity index (χ2n) is 3.15. The van der Waals surface area contributed by atoms with Crippen molar-refractivity contribution in [3.63, 3.8) is 0 Å². The van der Waals surface area contributed by atoms with Crippen LogP contribution in [0.4, 0.5) is 0 Å². The summed E-state index contributed by atoms with van der Waals surface area (Å²) in [6, 6.07) is 9.90. The Labute approximate surface area is 96.7 Å². The molecule has 1 aromatic heterocycles. The van der Waals surface area contributed by atoms with E-state index in [4.69, 9.17) is 5.11 Å². The first-order chi connectivity index (χ1) is 7.75. The quantitative estimate of drug-likeness (QED) is 0.797. The Morgan fingerprint density at radius 3 is 2.75 bits per heavy atom. The van der Waals surface area contributed by atoms with Crippen LogP contribution in [0.1, 0.15) is 16.3 Å². The molecule has 0 saturated carbocycles. The first-order valence-electron chi connectivity index (χ1n) is 4.71. The van der Waals surface area contributed by atoms with Crippen molar-refractivity contribution in [1.29, 1.82) is 0 Å². The number of H-pyrrole nitrogens is 1. The lowest BCUT2D eigenvalue weighted by molar-refractivity contribution is 0.0691. The molecule has 0 fully saturated rings. The number of carbonyl (C=O) groups is 1. The minimum absolute atomic E-state index is 0.128. The summed E-state index contributed by atoms with van der Waals surface area (Å²) in [6.45, 7) is 0. The number of benzene rings is 1. The average molecular weight is 234 g/mol. The highest BCUT2D eigenvalue weighted by Crippen LogP contribution is 2.20. The normalized spacial score (nSPS) is 10.2. The molecule has 4 nitrogen and oxygen atoms in total. The van der Waals surface area contributed by atoms with Gasteiger partial charge in [0, 0.05) is 4.90 Å². The van der Waals surface area contributed by atoms with Crippen molar-refractivity contribution < 1.29 is 9.90 Å². The van der Waals surface area contributed by atoms with Gasteiger partial charge in [-0.05, 0) is 12.1 Å². The van der Waals surface area contributed by atoms with Crippen LogP contribution >= 0.6 is 11.8 Å². The van der Waals surface area contributed by atoms with E-state index in [-0.39, 0.29) is 5.69 Å². The summed E-state index contributed by atoms with van der Waals surface area (Å²) >= 11 is 1.61. The van der Waals surface area contributed by atoms with Crippen LogP contribution in [0.15, 0.2) is 41.4 Å². The number of carboxylic acids is 1. The molecule has 0 aliphatic rings. The zero-order valence-corrected chi connectivity index (χ0v) is 9.20. The van der Waals surface area contributed by atoms with Crippen LogP contribution in [-0.4, -0.2) is 21.0 Å². The molecule has 0 aliphatic heterocycles. The largest absolute Gasteiger partial charge is 0.477 e. The smallest absolute Gasteiger partial charge is 0.353 e. The fourth-order valence-electron chi connectivity index (χ4n) is 1.21. The highest BCUT2D eigenvalue weighted by molar-refractivity contribution is 7.98. The monoisotopic (exact) mass is 234 g/mol. The molecule has 0 amide bonds. The zero-order valence-electron chi connectivity index (χ0n) is 8.38. The van der Waals surface area contributed by atoms with Crippen LogP contribution in [-0.2, 0) is 5.75 Å². The van der Waals surface area contributed by atoms with Crippen LogP contribution in [0.25, 0.3) is 0 Å². The molecule has 0 unspecified atom stereocenters. The van der Waals surface area contributed by atoms with Crippen LogP contribution < -0.4 is 0 Å². The molecule has 82 valence electrons. The van der Waals surface area contributed by atoms with E-state index in [2.05, 4.69) is 9.97 Å². The molecule has 16 heavy (non-hydrogen) atoms. The Bertz CT molecular complexity index is 482. The van der Waals surface area contributed by atoms with Gasteiger partial charge in [0.05, 0.1) is 11.9 Å². The molecular weight excluding hydrogens is 224 g/mol. The average Bonchev–Trinajstić information content (AvgIpc) is 2.76. The molecule has 2 aromatic rings. The van der Waals surface area contributed by atoms with Gasteiger partial charge in [-0.2, -0.15) is 0 Å². The maximum absolute atomic E-state index is 10.6. The Morgan fingerprint density at radius 1 is 1.38 bits per heavy atom. The van der Waals surface area contributed by atoms with Gasteiger partial charge >= 0.3 is 5.97 Å². The number of aromatic amines is 1. The molecule has 1 aromatic carbocycles.